The van der Waals surface area contributed by atoms with Crippen molar-refractivity contribution in [3.8, 4) is 0 Å². The Bertz CT molecular complexity index is 734. The number of thioether (sulfide) groups is 1. The average molecular weight is 338 g/mol. The first-order valence-corrected chi connectivity index (χ1v) is 8.76. The monoisotopic (exact) mass is 338 g/mol. The third-order valence-corrected chi connectivity index (χ3v) is 4.42. The Hall–Kier alpha value is -1.97. The van der Waals surface area contributed by atoms with Gasteiger partial charge >= 0.3 is 0 Å². The largest absolute Gasteiger partial charge is 0.351 e. The van der Waals surface area contributed by atoms with Crippen LogP contribution in [0.2, 0.25) is 0 Å². The van der Waals surface area contributed by atoms with Gasteiger partial charge in [-0.1, -0.05) is 23.9 Å². The van der Waals surface area contributed by atoms with Gasteiger partial charge in [-0.25, -0.2) is 23.5 Å². The number of hydrogen-bond acceptors (Lipinski definition) is 6. The zero-order valence-electron chi connectivity index (χ0n) is 11.5. The Labute approximate surface area is 132 Å². The summed E-state index contributed by atoms with van der Waals surface area (Å²) in [5.41, 5.74) is 0.779. The number of amides is 1. The molecule has 0 aliphatic rings. The summed E-state index contributed by atoms with van der Waals surface area (Å²) in [5, 5.41) is 8.28. The summed E-state index contributed by atoms with van der Waals surface area (Å²) < 4.78 is 22.2. The van der Waals surface area contributed by atoms with Gasteiger partial charge in [-0.05, 0) is 23.8 Å². The van der Waals surface area contributed by atoms with Gasteiger partial charge in [0.15, 0.2) is 5.16 Å². The Morgan fingerprint density at radius 1 is 1.18 bits per heavy atom. The van der Waals surface area contributed by atoms with Crippen molar-refractivity contribution in [1.29, 1.82) is 0 Å². The van der Waals surface area contributed by atoms with E-state index >= 15 is 0 Å². The molecule has 1 heterocycles. The van der Waals surface area contributed by atoms with Gasteiger partial charge in [0.05, 0.1) is 10.6 Å². The molecule has 116 valence electrons. The van der Waals surface area contributed by atoms with Crippen molar-refractivity contribution in [3.05, 3.63) is 48.3 Å². The maximum absolute atomic E-state index is 11.7. The highest BCUT2D eigenvalue weighted by Crippen LogP contribution is 2.11. The lowest BCUT2D eigenvalue weighted by molar-refractivity contribution is -0.118. The van der Waals surface area contributed by atoms with Crippen LogP contribution in [0.4, 0.5) is 0 Å². The summed E-state index contributed by atoms with van der Waals surface area (Å²) >= 11 is 1.24. The highest BCUT2D eigenvalue weighted by atomic mass is 32.2. The molecule has 0 radical (unpaired) electrons. The minimum absolute atomic E-state index is 0.0411. The molecule has 0 spiro atoms. The first kappa shape index (κ1) is 16.4. The zero-order valence-corrected chi connectivity index (χ0v) is 13.1. The van der Waals surface area contributed by atoms with Gasteiger partial charge in [0.2, 0.25) is 15.9 Å². The molecule has 0 aliphatic heterocycles. The number of primary sulfonamides is 1. The minimum Gasteiger partial charge on any atom is -0.351 e. The molecule has 2 rings (SSSR count). The fourth-order valence-corrected chi connectivity index (χ4v) is 2.69. The number of nitrogens with zero attached hydrogens (tertiary/aromatic N) is 2. The van der Waals surface area contributed by atoms with Gasteiger partial charge < -0.3 is 5.32 Å². The third kappa shape index (κ3) is 5.10. The van der Waals surface area contributed by atoms with E-state index in [9.17, 15) is 13.2 Å². The normalized spacial score (nSPS) is 11.1. The zero-order chi connectivity index (χ0) is 16.0. The van der Waals surface area contributed by atoms with Crippen LogP contribution in [0.5, 0.6) is 0 Å². The molecular formula is C13H14N4O3S2. The van der Waals surface area contributed by atoms with Gasteiger partial charge in [0.25, 0.3) is 0 Å². The van der Waals surface area contributed by atoms with E-state index in [0.29, 0.717) is 11.7 Å². The Kier molecular flexibility index (Phi) is 5.47. The third-order valence-electron chi connectivity index (χ3n) is 2.62. The van der Waals surface area contributed by atoms with E-state index in [4.69, 9.17) is 5.14 Å². The van der Waals surface area contributed by atoms with Crippen molar-refractivity contribution >= 4 is 27.7 Å². The van der Waals surface area contributed by atoms with Gasteiger partial charge in [0, 0.05) is 18.9 Å². The quantitative estimate of drug-likeness (QED) is 0.586. The molecule has 1 aromatic carbocycles. The first-order chi connectivity index (χ1) is 10.4. The van der Waals surface area contributed by atoms with Crippen LogP contribution in [0.3, 0.4) is 0 Å². The van der Waals surface area contributed by atoms with Gasteiger partial charge in [-0.3, -0.25) is 4.79 Å². The van der Waals surface area contributed by atoms with Crippen LogP contribution in [0, 0.1) is 0 Å². The summed E-state index contributed by atoms with van der Waals surface area (Å²) in [6.45, 7) is 0.305. The van der Waals surface area contributed by atoms with Crippen LogP contribution in [0.1, 0.15) is 5.56 Å². The number of rotatable bonds is 6. The fourth-order valence-electron chi connectivity index (χ4n) is 1.54. The van der Waals surface area contributed by atoms with Crippen LogP contribution in [-0.2, 0) is 21.4 Å². The molecule has 22 heavy (non-hydrogen) atoms. The van der Waals surface area contributed by atoms with E-state index in [-0.39, 0.29) is 16.6 Å². The number of nitrogens with two attached hydrogens (primary N) is 1. The predicted octanol–water partition coefficient (Wildman–Crippen LogP) is 0.532. The topological polar surface area (TPSA) is 115 Å². The lowest BCUT2D eigenvalue weighted by Gasteiger charge is -2.05. The van der Waals surface area contributed by atoms with Gasteiger partial charge in [-0.2, -0.15) is 0 Å². The molecule has 0 aliphatic carbocycles. The molecule has 0 atom stereocenters. The number of nitrogens with one attached hydrogen (secondary N) is 1. The van der Waals surface area contributed by atoms with Crippen molar-refractivity contribution in [2.45, 2.75) is 16.6 Å². The van der Waals surface area contributed by atoms with Crippen LogP contribution in [0.25, 0.3) is 0 Å². The van der Waals surface area contributed by atoms with Gasteiger partial charge in [-0.15, -0.1) is 0 Å². The average Bonchev–Trinajstić information content (AvgIpc) is 2.51. The predicted molar refractivity (Wildman–Crippen MR) is 82.4 cm³/mol. The van der Waals surface area contributed by atoms with Crippen molar-refractivity contribution in [3.63, 3.8) is 0 Å². The molecule has 0 saturated heterocycles. The van der Waals surface area contributed by atoms with Crippen molar-refractivity contribution < 1.29 is 13.2 Å². The second-order valence-corrected chi connectivity index (χ2v) is 6.79. The second kappa shape index (κ2) is 7.34. The summed E-state index contributed by atoms with van der Waals surface area (Å²) in [6, 6.07) is 7.73. The molecule has 1 aromatic heterocycles. The smallest absolute Gasteiger partial charge is 0.238 e. The van der Waals surface area contributed by atoms with Crippen molar-refractivity contribution in [2.75, 3.05) is 5.75 Å². The molecular weight excluding hydrogens is 324 g/mol. The number of hydrogen-bond donors (Lipinski definition) is 2. The maximum atomic E-state index is 11.7. The number of benzene rings is 1. The molecule has 7 nitrogen and oxygen atoms in total. The van der Waals surface area contributed by atoms with Crippen LogP contribution < -0.4 is 10.5 Å². The highest BCUT2D eigenvalue weighted by Gasteiger charge is 2.08. The van der Waals surface area contributed by atoms with E-state index in [2.05, 4.69) is 15.3 Å². The summed E-state index contributed by atoms with van der Waals surface area (Å²) in [4.78, 5) is 19.8. The van der Waals surface area contributed by atoms with E-state index in [1.165, 1.54) is 23.9 Å². The number of carbonyl (C=O) groups excluding carboxylic acids is 1. The number of carbonyl (C=O) groups is 1. The molecule has 0 unspecified atom stereocenters. The van der Waals surface area contributed by atoms with E-state index < -0.39 is 10.0 Å². The van der Waals surface area contributed by atoms with Gasteiger partial charge in [0.1, 0.15) is 0 Å². The molecule has 2 aromatic rings. The number of sulfonamides is 1. The molecule has 9 heteroatoms. The Morgan fingerprint density at radius 3 is 2.41 bits per heavy atom. The minimum atomic E-state index is -3.69. The molecule has 0 bridgehead atoms. The molecule has 0 saturated carbocycles. The summed E-state index contributed by atoms with van der Waals surface area (Å²) in [6.07, 6.45) is 3.22. The lowest BCUT2D eigenvalue weighted by atomic mass is 10.2. The standard InChI is InChI=1S/C13H14N4O3S2/c14-22(19,20)11-4-2-10(3-5-11)8-17-12(18)9-21-13-15-6-1-7-16-13/h1-7H,8-9H2,(H,17,18)(H2,14,19,20). The highest BCUT2D eigenvalue weighted by molar-refractivity contribution is 7.99. The molecule has 1 amide bonds. The lowest BCUT2D eigenvalue weighted by Crippen LogP contribution is -2.24. The van der Waals surface area contributed by atoms with E-state index in [1.807, 2.05) is 0 Å². The van der Waals surface area contributed by atoms with Crippen molar-refractivity contribution in [1.82, 2.24) is 15.3 Å². The van der Waals surface area contributed by atoms with Crippen LogP contribution in [-0.4, -0.2) is 30.0 Å². The van der Waals surface area contributed by atoms with E-state index in [1.54, 1.807) is 30.6 Å². The maximum Gasteiger partial charge on any atom is 0.238 e. The second-order valence-electron chi connectivity index (χ2n) is 4.29. The van der Waals surface area contributed by atoms with E-state index in [0.717, 1.165) is 5.56 Å². The van der Waals surface area contributed by atoms with Crippen LogP contribution >= 0.6 is 11.8 Å². The van der Waals surface area contributed by atoms with Crippen LogP contribution in [0.15, 0.2) is 52.8 Å². The Balaban J connectivity index is 1.81. The fraction of sp³-hybridized carbons (Fsp3) is 0.154. The Morgan fingerprint density at radius 2 is 1.82 bits per heavy atom. The molecule has 0 fully saturated rings. The SMILES string of the molecule is NS(=O)(=O)c1ccc(CNC(=O)CSc2ncccn2)cc1. The summed E-state index contributed by atoms with van der Waals surface area (Å²) in [7, 11) is -3.69. The number of aromatic nitrogens is 2. The van der Waals surface area contributed by atoms with Crippen molar-refractivity contribution in [2.24, 2.45) is 5.14 Å². The summed E-state index contributed by atoms with van der Waals surface area (Å²) in [5.74, 6) is 0.0483. The molecule has 3 N–H and O–H groups in total. The first-order valence-electron chi connectivity index (χ1n) is 6.23.